The van der Waals surface area contributed by atoms with Gasteiger partial charge in [-0.15, -0.1) is 5.10 Å². The topological polar surface area (TPSA) is 81.2 Å². The first-order valence-corrected chi connectivity index (χ1v) is 7.83. The van der Waals surface area contributed by atoms with Gasteiger partial charge in [0.2, 0.25) is 5.91 Å². The molecule has 0 bridgehead atoms. The van der Waals surface area contributed by atoms with Crippen LogP contribution in [0, 0.1) is 13.8 Å². The number of nitrogens with one attached hydrogen (secondary N) is 1. The summed E-state index contributed by atoms with van der Waals surface area (Å²) in [4.78, 5) is 12.1. The molecule has 0 aliphatic carbocycles. The summed E-state index contributed by atoms with van der Waals surface area (Å²) in [5, 5.41) is 10.4. The molecule has 3 rings (SSSR count). The van der Waals surface area contributed by atoms with Crippen molar-refractivity contribution in [1.29, 1.82) is 0 Å². The van der Waals surface area contributed by atoms with E-state index < -0.39 is 0 Å². The van der Waals surface area contributed by atoms with Gasteiger partial charge in [0.15, 0.2) is 0 Å². The zero-order valence-electron chi connectivity index (χ0n) is 13.9. The first kappa shape index (κ1) is 16.0. The lowest BCUT2D eigenvalue weighted by Gasteiger charge is -2.02. The maximum Gasteiger partial charge on any atom is 0.322 e. The Labute approximate surface area is 139 Å². The minimum Gasteiger partial charge on any atom is -0.466 e. The van der Waals surface area contributed by atoms with Crippen molar-refractivity contribution < 1.29 is 13.6 Å². The molecule has 0 fully saturated rings. The molecule has 0 atom stereocenters. The lowest BCUT2D eigenvalue weighted by Crippen LogP contribution is -2.14. The lowest BCUT2D eigenvalue weighted by molar-refractivity contribution is -0.115. The Morgan fingerprint density at radius 1 is 1.08 bits per heavy atom. The maximum atomic E-state index is 12.1. The van der Waals surface area contributed by atoms with Gasteiger partial charge in [-0.25, -0.2) is 0 Å². The van der Waals surface area contributed by atoms with Gasteiger partial charge >= 0.3 is 6.01 Å². The van der Waals surface area contributed by atoms with E-state index in [-0.39, 0.29) is 18.3 Å². The predicted octanol–water partition coefficient (Wildman–Crippen LogP) is 3.69. The van der Waals surface area contributed by atoms with Crippen LogP contribution >= 0.6 is 0 Å². The van der Waals surface area contributed by atoms with Gasteiger partial charge in [0, 0.05) is 0 Å². The summed E-state index contributed by atoms with van der Waals surface area (Å²) in [6.45, 7) is 5.77. The minimum atomic E-state index is -0.199. The molecule has 6 heteroatoms. The summed E-state index contributed by atoms with van der Waals surface area (Å²) < 4.78 is 10.9. The highest BCUT2D eigenvalue weighted by Crippen LogP contribution is 2.26. The predicted molar refractivity (Wildman–Crippen MR) is 89.6 cm³/mol. The van der Waals surface area contributed by atoms with Crippen molar-refractivity contribution in [3.8, 4) is 11.5 Å². The van der Waals surface area contributed by atoms with Crippen LogP contribution in [0.2, 0.25) is 0 Å². The number of carbonyl (C=O) groups excluding carboxylic acids is 1. The van der Waals surface area contributed by atoms with E-state index in [1.165, 1.54) is 5.56 Å². The van der Waals surface area contributed by atoms with Gasteiger partial charge in [-0.2, -0.15) is 0 Å². The number of aromatic nitrogens is 2. The first-order valence-electron chi connectivity index (χ1n) is 7.83. The highest BCUT2D eigenvalue weighted by atomic mass is 16.4. The quantitative estimate of drug-likeness (QED) is 0.773. The molecule has 24 heavy (non-hydrogen) atoms. The van der Waals surface area contributed by atoms with Gasteiger partial charge in [0.1, 0.15) is 11.5 Å². The molecule has 0 unspecified atom stereocenters. The molecule has 1 N–H and O–H groups in total. The molecule has 0 saturated heterocycles. The van der Waals surface area contributed by atoms with Crippen LogP contribution in [-0.4, -0.2) is 16.1 Å². The SMILES string of the molecule is CCc1ccc(CC(=O)Nc2nnc(-c3cc(C)oc3C)o2)cc1. The van der Waals surface area contributed by atoms with E-state index in [0.717, 1.165) is 23.3 Å². The Morgan fingerprint density at radius 3 is 2.42 bits per heavy atom. The monoisotopic (exact) mass is 325 g/mol. The van der Waals surface area contributed by atoms with E-state index in [4.69, 9.17) is 8.83 Å². The number of amides is 1. The van der Waals surface area contributed by atoms with Crippen LogP contribution in [0.5, 0.6) is 0 Å². The number of rotatable bonds is 5. The Bertz CT molecular complexity index is 847. The van der Waals surface area contributed by atoms with E-state index in [1.807, 2.05) is 44.2 Å². The molecule has 0 saturated carbocycles. The molecular weight excluding hydrogens is 306 g/mol. The molecule has 0 spiro atoms. The van der Waals surface area contributed by atoms with Gasteiger partial charge < -0.3 is 8.83 Å². The Morgan fingerprint density at radius 2 is 1.79 bits per heavy atom. The number of hydrogen-bond acceptors (Lipinski definition) is 5. The third kappa shape index (κ3) is 3.53. The van der Waals surface area contributed by atoms with Gasteiger partial charge in [-0.05, 0) is 37.5 Å². The largest absolute Gasteiger partial charge is 0.466 e. The third-order valence-corrected chi connectivity index (χ3v) is 3.74. The number of anilines is 1. The lowest BCUT2D eigenvalue weighted by atomic mass is 10.1. The molecule has 6 nitrogen and oxygen atoms in total. The average molecular weight is 325 g/mol. The van der Waals surface area contributed by atoms with E-state index >= 15 is 0 Å². The van der Waals surface area contributed by atoms with E-state index in [1.54, 1.807) is 0 Å². The van der Waals surface area contributed by atoms with Gasteiger partial charge in [-0.1, -0.05) is 36.3 Å². The molecule has 3 aromatic rings. The Hall–Kier alpha value is -2.89. The standard InChI is InChI=1S/C18H19N3O3/c1-4-13-5-7-14(8-6-13)10-16(22)19-18-21-20-17(24-18)15-9-11(2)23-12(15)3/h5-9H,4,10H2,1-3H3,(H,19,21,22). The highest BCUT2D eigenvalue weighted by Gasteiger charge is 2.16. The van der Waals surface area contributed by atoms with Crippen molar-refractivity contribution in [2.75, 3.05) is 5.32 Å². The number of furan rings is 1. The second kappa shape index (κ2) is 6.70. The van der Waals surface area contributed by atoms with Gasteiger partial charge in [0.25, 0.3) is 5.89 Å². The van der Waals surface area contributed by atoms with Crippen molar-refractivity contribution in [1.82, 2.24) is 10.2 Å². The fourth-order valence-corrected chi connectivity index (χ4v) is 2.47. The number of benzene rings is 1. The molecule has 124 valence electrons. The van der Waals surface area contributed by atoms with E-state index in [9.17, 15) is 4.79 Å². The summed E-state index contributed by atoms with van der Waals surface area (Å²) in [7, 11) is 0. The fraction of sp³-hybridized carbons (Fsp3) is 0.278. The molecule has 0 aliphatic rings. The minimum absolute atomic E-state index is 0.0819. The van der Waals surface area contributed by atoms with E-state index in [0.29, 0.717) is 11.7 Å². The normalized spacial score (nSPS) is 10.8. The Balaban J connectivity index is 1.65. The molecular formula is C18H19N3O3. The van der Waals surface area contributed by atoms with Crippen molar-refractivity contribution in [2.24, 2.45) is 0 Å². The van der Waals surface area contributed by atoms with Crippen LogP contribution in [0.25, 0.3) is 11.5 Å². The highest BCUT2D eigenvalue weighted by molar-refractivity contribution is 5.90. The second-order valence-electron chi connectivity index (χ2n) is 5.63. The van der Waals surface area contributed by atoms with E-state index in [2.05, 4.69) is 22.4 Å². The molecule has 2 aromatic heterocycles. The molecule has 2 heterocycles. The summed E-state index contributed by atoms with van der Waals surface area (Å²) >= 11 is 0. The van der Waals surface area contributed by atoms with Crippen LogP contribution in [0.4, 0.5) is 6.01 Å². The second-order valence-corrected chi connectivity index (χ2v) is 5.63. The van der Waals surface area contributed by atoms with Crippen LogP contribution in [0.3, 0.4) is 0 Å². The van der Waals surface area contributed by atoms with Crippen LogP contribution < -0.4 is 5.32 Å². The third-order valence-electron chi connectivity index (χ3n) is 3.74. The smallest absolute Gasteiger partial charge is 0.322 e. The summed E-state index contributed by atoms with van der Waals surface area (Å²) in [5.74, 6) is 1.59. The molecule has 0 radical (unpaired) electrons. The van der Waals surface area contributed by atoms with Crippen molar-refractivity contribution in [3.05, 3.63) is 53.0 Å². The zero-order valence-corrected chi connectivity index (χ0v) is 13.9. The summed E-state index contributed by atoms with van der Waals surface area (Å²) in [6.07, 6.45) is 1.23. The number of aryl methyl sites for hydroxylation is 3. The fourth-order valence-electron chi connectivity index (χ4n) is 2.47. The van der Waals surface area contributed by atoms with Crippen LogP contribution in [0.15, 0.2) is 39.2 Å². The summed E-state index contributed by atoms with van der Waals surface area (Å²) in [5.41, 5.74) is 2.91. The Kier molecular flexibility index (Phi) is 4.46. The number of hydrogen-bond donors (Lipinski definition) is 1. The number of carbonyl (C=O) groups is 1. The molecule has 1 aromatic carbocycles. The first-order chi connectivity index (χ1) is 11.5. The molecule has 1 amide bonds. The summed E-state index contributed by atoms with van der Waals surface area (Å²) in [6, 6.07) is 9.86. The van der Waals surface area contributed by atoms with Crippen molar-refractivity contribution in [3.63, 3.8) is 0 Å². The van der Waals surface area contributed by atoms with Crippen molar-refractivity contribution >= 4 is 11.9 Å². The van der Waals surface area contributed by atoms with Crippen LogP contribution in [-0.2, 0) is 17.6 Å². The number of nitrogens with zero attached hydrogens (tertiary/aromatic N) is 2. The molecule has 0 aliphatic heterocycles. The maximum absolute atomic E-state index is 12.1. The zero-order chi connectivity index (χ0) is 17.1. The van der Waals surface area contributed by atoms with Gasteiger partial charge in [-0.3, -0.25) is 10.1 Å². The van der Waals surface area contributed by atoms with Crippen LogP contribution in [0.1, 0.15) is 29.6 Å². The average Bonchev–Trinajstić information content (AvgIpc) is 3.14. The van der Waals surface area contributed by atoms with Gasteiger partial charge in [0.05, 0.1) is 12.0 Å². The van der Waals surface area contributed by atoms with Crippen molar-refractivity contribution in [2.45, 2.75) is 33.6 Å².